The van der Waals surface area contributed by atoms with Crippen LogP contribution in [-0.4, -0.2) is 31.9 Å². The van der Waals surface area contributed by atoms with Gasteiger partial charge in [-0.25, -0.2) is 9.59 Å². The maximum atomic E-state index is 12.4. The summed E-state index contributed by atoms with van der Waals surface area (Å²) < 4.78 is 9.39. The van der Waals surface area contributed by atoms with E-state index in [4.69, 9.17) is 9.47 Å². The number of nitrogens with one attached hydrogen (secondary N) is 1. The molecule has 0 atom stereocenters. The van der Waals surface area contributed by atoms with Gasteiger partial charge >= 0.3 is 11.9 Å². The van der Waals surface area contributed by atoms with Gasteiger partial charge in [0.05, 0.1) is 25.3 Å². The quantitative estimate of drug-likeness (QED) is 0.476. The minimum absolute atomic E-state index is 0.152. The number of aryl methyl sites for hydroxylation is 2. The number of anilines is 1. The van der Waals surface area contributed by atoms with Crippen LogP contribution in [0.2, 0.25) is 0 Å². The fourth-order valence-corrected chi connectivity index (χ4v) is 2.49. The highest BCUT2D eigenvalue weighted by molar-refractivity contribution is 6.05. The number of allylic oxidation sites excluding steroid dienone is 1. The Morgan fingerprint density at radius 3 is 2.04 bits per heavy atom. The number of rotatable bonds is 6. The van der Waals surface area contributed by atoms with E-state index in [0.717, 1.165) is 11.1 Å². The number of benzene rings is 2. The largest absolute Gasteiger partial charge is 0.465 e. The molecule has 6 nitrogen and oxygen atoms in total. The van der Waals surface area contributed by atoms with E-state index in [1.54, 1.807) is 0 Å². The Morgan fingerprint density at radius 2 is 1.48 bits per heavy atom. The van der Waals surface area contributed by atoms with Crippen LogP contribution in [0.5, 0.6) is 0 Å². The first kappa shape index (κ1) is 19.9. The maximum absolute atomic E-state index is 12.4. The first-order valence-electron chi connectivity index (χ1n) is 8.22. The molecular formula is C21H21NO5. The summed E-state index contributed by atoms with van der Waals surface area (Å²) in [6, 6.07) is 10.1. The van der Waals surface area contributed by atoms with Gasteiger partial charge in [-0.2, -0.15) is 0 Å². The van der Waals surface area contributed by atoms with Crippen molar-refractivity contribution in [1.82, 2.24) is 0 Å². The number of hydrogen-bond donors (Lipinski definition) is 1. The molecule has 0 radical (unpaired) electrons. The number of ether oxygens (including phenoxy) is 2. The molecular weight excluding hydrogens is 346 g/mol. The van der Waals surface area contributed by atoms with Crippen molar-refractivity contribution >= 4 is 23.4 Å². The number of hydrogen-bond acceptors (Lipinski definition) is 6. The molecule has 140 valence electrons. The average molecular weight is 367 g/mol. The van der Waals surface area contributed by atoms with Crippen molar-refractivity contribution < 1.29 is 23.9 Å². The van der Waals surface area contributed by atoms with Crippen LogP contribution >= 0.6 is 0 Å². The number of methoxy groups -OCH3 is 2. The normalized spacial score (nSPS) is 10.5. The van der Waals surface area contributed by atoms with E-state index in [2.05, 4.69) is 5.32 Å². The lowest BCUT2D eigenvalue weighted by Crippen LogP contribution is -2.07. The summed E-state index contributed by atoms with van der Waals surface area (Å²) in [5.74, 6) is -1.32. The molecule has 0 aliphatic rings. The summed E-state index contributed by atoms with van der Waals surface area (Å²) in [6.45, 7) is 3.79. The van der Waals surface area contributed by atoms with Gasteiger partial charge < -0.3 is 14.8 Å². The van der Waals surface area contributed by atoms with Crippen molar-refractivity contribution in [2.24, 2.45) is 0 Å². The summed E-state index contributed by atoms with van der Waals surface area (Å²) in [5, 5.41) is 2.90. The lowest BCUT2D eigenvalue weighted by Gasteiger charge is -2.08. The van der Waals surface area contributed by atoms with Gasteiger partial charge in [0.25, 0.3) is 0 Å². The zero-order valence-electron chi connectivity index (χ0n) is 15.7. The molecule has 0 aliphatic carbocycles. The van der Waals surface area contributed by atoms with Crippen LogP contribution in [-0.2, 0) is 9.47 Å². The molecule has 0 bridgehead atoms. The highest BCUT2D eigenvalue weighted by Gasteiger charge is 2.13. The van der Waals surface area contributed by atoms with Gasteiger partial charge in [0.2, 0.25) is 0 Å². The zero-order valence-corrected chi connectivity index (χ0v) is 15.7. The molecule has 0 aliphatic heterocycles. The Balaban J connectivity index is 2.24. The average Bonchev–Trinajstić information content (AvgIpc) is 2.68. The van der Waals surface area contributed by atoms with Crippen molar-refractivity contribution in [3.8, 4) is 0 Å². The summed E-state index contributed by atoms with van der Waals surface area (Å²) in [6.07, 6.45) is 2.85. The van der Waals surface area contributed by atoms with Crippen LogP contribution in [0.3, 0.4) is 0 Å². The third kappa shape index (κ3) is 5.04. The highest BCUT2D eigenvalue weighted by Crippen LogP contribution is 2.17. The monoisotopic (exact) mass is 367 g/mol. The Hall–Kier alpha value is -3.41. The fraction of sp³-hybridized carbons (Fsp3) is 0.190. The van der Waals surface area contributed by atoms with E-state index in [-0.39, 0.29) is 16.9 Å². The van der Waals surface area contributed by atoms with Crippen LogP contribution in [0.4, 0.5) is 5.69 Å². The van der Waals surface area contributed by atoms with Crippen LogP contribution in [0.25, 0.3) is 0 Å². The summed E-state index contributed by atoms with van der Waals surface area (Å²) in [7, 11) is 2.51. The second-order valence-corrected chi connectivity index (χ2v) is 5.94. The van der Waals surface area contributed by atoms with E-state index < -0.39 is 11.9 Å². The molecule has 0 saturated heterocycles. The fourth-order valence-electron chi connectivity index (χ4n) is 2.49. The molecule has 0 spiro atoms. The number of ketones is 1. The molecule has 0 aromatic heterocycles. The topological polar surface area (TPSA) is 81.7 Å². The van der Waals surface area contributed by atoms with E-state index in [0.29, 0.717) is 11.3 Å². The van der Waals surface area contributed by atoms with Gasteiger partial charge in [-0.3, -0.25) is 4.79 Å². The Labute approximate surface area is 157 Å². The van der Waals surface area contributed by atoms with Gasteiger partial charge in [0.15, 0.2) is 5.78 Å². The number of esters is 2. The summed E-state index contributed by atoms with van der Waals surface area (Å²) in [5.41, 5.74) is 3.33. The predicted octanol–water partition coefficient (Wildman–Crippen LogP) is 3.69. The van der Waals surface area contributed by atoms with Gasteiger partial charge in [0, 0.05) is 23.5 Å². The number of carbonyl (C=O) groups excluding carboxylic acids is 3. The standard InChI is InChI=1S/C21H21NO5/c1-13-5-6-14(2)18(9-13)19(23)7-8-22-17-11-15(20(24)26-3)10-16(12-17)21(25)27-4/h5-12,22H,1-4H3. The second-order valence-electron chi connectivity index (χ2n) is 5.94. The highest BCUT2D eigenvalue weighted by atomic mass is 16.5. The summed E-state index contributed by atoms with van der Waals surface area (Å²) >= 11 is 0. The number of carbonyl (C=O) groups is 3. The van der Waals surface area contributed by atoms with Crippen molar-refractivity contribution in [2.75, 3.05) is 19.5 Å². The Bertz CT molecular complexity index is 881. The molecule has 2 aromatic rings. The lowest BCUT2D eigenvalue weighted by molar-refractivity contribution is 0.0599. The molecule has 0 fully saturated rings. The minimum Gasteiger partial charge on any atom is -0.465 e. The Kier molecular flexibility index (Phi) is 6.49. The van der Waals surface area contributed by atoms with Crippen molar-refractivity contribution in [3.63, 3.8) is 0 Å². The molecule has 0 amide bonds. The van der Waals surface area contributed by atoms with Crippen molar-refractivity contribution in [3.05, 3.63) is 76.5 Å². The Morgan fingerprint density at radius 1 is 0.889 bits per heavy atom. The van der Waals surface area contributed by atoms with Crippen LogP contribution in [0.1, 0.15) is 42.2 Å². The van der Waals surface area contributed by atoms with Gasteiger partial charge in [-0.05, 0) is 43.7 Å². The maximum Gasteiger partial charge on any atom is 0.337 e. The lowest BCUT2D eigenvalue weighted by atomic mass is 10.0. The van der Waals surface area contributed by atoms with Gasteiger partial charge in [-0.15, -0.1) is 0 Å². The molecule has 0 unspecified atom stereocenters. The van der Waals surface area contributed by atoms with Crippen molar-refractivity contribution in [1.29, 1.82) is 0 Å². The molecule has 2 aromatic carbocycles. The first-order chi connectivity index (χ1) is 12.8. The first-order valence-corrected chi connectivity index (χ1v) is 8.22. The SMILES string of the molecule is COC(=O)c1cc(NC=CC(=O)c2cc(C)ccc2C)cc(C(=O)OC)c1. The van der Waals surface area contributed by atoms with Gasteiger partial charge in [0.1, 0.15) is 0 Å². The smallest absolute Gasteiger partial charge is 0.337 e. The second kappa shape index (κ2) is 8.80. The third-order valence-corrected chi connectivity index (χ3v) is 3.92. The van der Waals surface area contributed by atoms with E-state index in [1.165, 1.54) is 44.7 Å². The van der Waals surface area contributed by atoms with E-state index in [9.17, 15) is 14.4 Å². The molecule has 0 heterocycles. The van der Waals surface area contributed by atoms with E-state index >= 15 is 0 Å². The van der Waals surface area contributed by atoms with Gasteiger partial charge in [-0.1, -0.05) is 17.7 Å². The van der Waals surface area contributed by atoms with Crippen LogP contribution < -0.4 is 5.32 Å². The van der Waals surface area contributed by atoms with Crippen molar-refractivity contribution in [2.45, 2.75) is 13.8 Å². The van der Waals surface area contributed by atoms with E-state index in [1.807, 2.05) is 32.0 Å². The van der Waals surface area contributed by atoms with Crippen LogP contribution in [0.15, 0.2) is 48.7 Å². The molecule has 0 saturated carbocycles. The molecule has 6 heteroatoms. The zero-order chi connectivity index (χ0) is 20.0. The molecule has 1 N–H and O–H groups in total. The molecule has 27 heavy (non-hydrogen) atoms. The summed E-state index contributed by atoms with van der Waals surface area (Å²) in [4.78, 5) is 36.0. The molecule has 2 rings (SSSR count). The third-order valence-electron chi connectivity index (χ3n) is 3.92. The predicted molar refractivity (Wildman–Crippen MR) is 102 cm³/mol. The van der Waals surface area contributed by atoms with Crippen LogP contribution in [0, 0.1) is 13.8 Å². The minimum atomic E-state index is -0.584.